The Kier molecular flexibility index (Phi) is 4.71. The van der Waals surface area contributed by atoms with E-state index in [0.717, 1.165) is 31.5 Å². The summed E-state index contributed by atoms with van der Waals surface area (Å²) in [4.78, 5) is 9.32. The van der Waals surface area contributed by atoms with E-state index in [0.29, 0.717) is 5.41 Å². The van der Waals surface area contributed by atoms with Crippen molar-refractivity contribution in [2.24, 2.45) is 16.3 Å². The Bertz CT molecular complexity index is 328. The van der Waals surface area contributed by atoms with Crippen molar-refractivity contribution in [1.29, 1.82) is 0 Å². The van der Waals surface area contributed by atoms with Crippen molar-refractivity contribution >= 4 is 5.96 Å². The van der Waals surface area contributed by atoms with E-state index in [9.17, 15) is 0 Å². The molecule has 0 saturated carbocycles. The molecule has 0 aliphatic carbocycles. The number of hydrogen-bond donors (Lipinski definition) is 1. The number of hydrogen-bond acceptors (Lipinski definition) is 2. The molecule has 2 unspecified atom stereocenters. The molecule has 0 bridgehead atoms. The average molecular weight is 266 g/mol. The standard InChI is InChI=1S/C15H30N4/c1-5-15(2)7-9-19(12-15)14(16-3)17-10-13-6-8-18(4)11-13/h13H,5-12H2,1-4H3,(H,16,17). The number of rotatable bonds is 3. The second kappa shape index (κ2) is 6.12. The molecule has 0 amide bonds. The van der Waals surface area contributed by atoms with Crippen LogP contribution < -0.4 is 5.32 Å². The molecule has 0 aromatic carbocycles. The fourth-order valence-corrected chi connectivity index (χ4v) is 3.25. The van der Waals surface area contributed by atoms with Crippen molar-refractivity contribution in [2.45, 2.75) is 33.1 Å². The van der Waals surface area contributed by atoms with Gasteiger partial charge >= 0.3 is 0 Å². The van der Waals surface area contributed by atoms with Crippen molar-refractivity contribution < 1.29 is 0 Å². The third-order valence-corrected chi connectivity index (χ3v) is 4.96. The van der Waals surface area contributed by atoms with Crippen molar-refractivity contribution in [3.8, 4) is 0 Å². The van der Waals surface area contributed by atoms with E-state index in [1.165, 1.54) is 32.4 Å². The normalized spacial score (nSPS) is 33.2. The lowest BCUT2D eigenvalue weighted by Gasteiger charge is -2.26. The Labute approximate surface area is 118 Å². The summed E-state index contributed by atoms with van der Waals surface area (Å²) in [6.45, 7) is 10.5. The molecule has 0 aromatic rings. The smallest absolute Gasteiger partial charge is 0.193 e. The highest BCUT2D eigenvalue weighted by atomic mass is 15.3. The van der Waals surface area contributed by atoms with Crippen molar-refractivity contribution in [3.05, 3.63) is 0 Å². The summed E-state index contributed by atoms with van der Waals surface area (Å²) in [7, 11) is 4.12. The molecule has 2 aliphatic rings. The minimum Gasteiger partial charge on any atom is -0.356 e. The number of likely N-dealkylation sites (tertiary alicyclic amines) is 2. The van der Waals surface area contributed by atoms with Gasteiger partial charge in [-0.15, -0.1) is 0 Å². The maximum Gasteiger partial charge on any atom is 0.193 e. The molecule has 2 aliphatic heterocycles. The zero-order valence-corrected chi connectivity index (χ0v) is 13.1. The number of aliphatic imine (C=N–C) groups is 1. The molecule has 2 heterocycles. The van der Waals surface area contributed by atoms with Gasteiger partial charge in [0.1, 0.15) is 0 Å². The summed E-state index contributed by atoms with van der Waals surface area (Å²) < 4.78 is 0. The molecule has 110 valence electrons. The Balaban J connectivity index is 1.81. The van der Waals surface area contributed by atoms with Crippen molar-refractivity contribution in [2.75, 3.05) is 46.8 Å². The molecule has 2 fully saturated rings. The maximum atomic E-state index is 4.47. The van der Waals surface area contributed by atoms with E-state index in [2.05, 4.69) is 41.0 Å². The van der Waals surface area contributed by atoms with Gasteiger partial charge in [0.15, 0.2) is 5.96 Å². The molecule has 2 saturated heterocycles. The first kappa shape index (κ1) is 14.6. The molecular formula is C15H30N4. The quantitative estimate of drug-likeness (QED) is 0.622. The summed E-state index contributed by atoms with van der Waals surface area (Å²) in [6, 6.07) is 0. The van der Waals surface area contributed by atoms with Crippen LogP contribution in [0.3, 0.4) is 0 Å². The van der Waals surface area contributed by atoms with E-state index < -0.39 is 0 Å². The van der Waals surface area contributed by atoms with E-state index in [4.69, 9.17) is 0 Å². The third kappa shape index (κ3) is 3.62. The highest BCUT2D eigenvalue weighted by Gasteiger charge is 2.33. The molecule has 0 aromatic heterocycles. The van der Waals surface area contributed by atoms with Crippen molar-refractivity contribution in [3.63, 3.8) is 0 Å². The summed E-state index contributed by atoms with van der Waals surface area (Å²) in [5.74, 6) is 1.88. The van der Waals surface area contributed by atoms with Crippen LogP contribution in [-0.4, -0.2) is 62.6 Å². The first-order valence-electron chi connectivity index (χ1n) is 7.70. The highest BCUT2D eigenvalue weighted by molar-refractivity contribution is 5.80. The number of nitrogens with one attached hydrogen (secondary N) is 1. The van der Waals surface area contributed by atoms with Gasteiger partial charge < -0.3 is 15.1 Å². The zero-order valence-electron chi connectivity index (χ0n) is 13.1. The molecule has 2 rings (SSSR count). The number of guanidine groups is 1. The van der Waals surface area contributed by atoms with Crippen LogP contribution in [0.5, 0.6) is 0 Å². The van der Waals surface area contributed by atoms with Crippen LogP contribution in [0.15, 0.2) is 4.99 Å². The van der Waals surface area contributed by atoms with Crippen LogP contribution in [0.1, 0.15) is 33.1 Å². The summed E-state index contributed by atoms with van der Waals surface area (Å²) in [6.07, 6.45) is 3.86. The fraction of sp³-hybridized carbons (Fsp3) is 0.933. The summed E-state index contributed by atoms with van der Waals surface area (Å²) >= 11 is 0. The SMILES string of the molecule is CCC1(C)CCN(C(=NC)NCC2CCN(C)C2)C1. The lowest BCUT2D eigenvalue weighted by molar-refractivity contribution is 0.321. The Morgan fingerprint density at radius 3 is 2.74 bits per heavy atom. The molecule has 4 heteroatoms. The summed E-state index contributed by atoms with van der Waals surface area (Å²) in [5, 5.41) is 3.58. The largest absolute Gasteiger partial charge is 0.356 e. The van der Waals surface area contributed by atoms with E-state index in [-0.39, 0.29) is 0 Å². The minimum atomic E-state index is 0.477. The third-order valence-electron chi connectivity index (χ3n) is 4.96. The second-order valence-corrected chi connectivity index (χ2v) is 6.68. The van der Waals surface area contributed by atoms with Gasteiger partial charge in [-0.2, -0.15) is 0 Å². The predicted molar refractivity (Wildman–Crippen MR) is 81.6 cm³/mol. The molecule has 0 radical (unpaired) electrons. The Morgan fingerprint density at radius 1 is 1.42 bits per heavy atom. The highest BCUT2D eigenvalue weighted by Crippen LogP contribution is 2.32. The first-order chi connectivity index (χ1) is 9.06. The van der Waals surface area contributed by atoms with Crippen LogP contribution in [0.25, 0.3) is 0 Å². The van der Waals surface area contributed by atoms with Crippen molar-refractivity contribution in [1.82, 2.24) is 15.1 Å². The molecule has 2 atom stereocenters. The monoisotopic (exact) mass is 266 g/mol. The minimum absolute atomic E-state index is 0.477. The molecule has 0 spiro atoms. The number of nitrogens with zero attached hydrogens (tertiary/aromatic N) is 3. The zero-order chi connectivity index (χ0) is 13.9. The van der Waals surface area contributed by atoms with Crippen LogP contribution in [0.2, 0.25) is 0 Å². The summed E-state index contributed by atoms with van der Waals surface area (Å²) in [5.41, 5.74) is 0.477. The molecule has 4 nitrogen and oxygen atoms in total. The molecule has 1 N–H and O–H groups in total. The van der Waals surface area contributed by atoms with Gasteiger partial charge in [0, 0.05) is 33.2 Å². The van der Waals surface area contributed by atoms with E-state index >= 15 is 0 Å². The van der Waals surface area contributed by atoms with E-state index in [1.54, 1.807) is 0 Å². The van der Waals surface area contributed by atoms with Gasteiger partial charge in [-0.3, -0.25) is 4.99 Å². The molecule has 19 heavy (non-hydrogen) atoms. The Morgan fingerprint density at radius 2 is 2.21 bits per heavy atom. The Hall–Kier alpha value is -0.770. The van der Waals surface area contributed by atoms with Crippen LogP contribution in [0.4, 0.5) is 0 Å². The maximum absolute atomic E-state index is 4.47. The fourth-order valence-electron chi connectivity index (χ4n) is 3.25. The average Bonchev–Trinajstić information content (AvgIpc) is 2.98. The van der Waals surface area contributed by atoms with E-state index in [1.807, 2.05) is 7.05 Å². The van der Waals surface area contributed by atoms with Gasteiger partial charge in [-0.1, -0.05) is 13.8 Å². The van der Waals surface area contributed by atoms with Gasteiger partial charge in [-0.05, 0) is 44.2 Å². The lowest BCUT2D eigenvalue weighted by atomic mass is 9.87. The van der Waals surface area contributed by atoms with Gasteiger partial charge in [0.2, 0.25) is 0 Å². The van der Waals surface area contributed by atoms with Crippen LogP contribution in [0, 0.1) is 11.3 Å². The van der Waals surface area contributed by atoms with Gasteiger partial charge in [0.25, 0.3) is 0 Å². The van der Waals surface area contributed by atoms with Crippen LogP contribution >= 0.6 is 0 Å². The topological polar surface area (TPSA) is 30.9 Å². The molecular weight excluding hydrogens is 236 g/mol. The first-order valence-corrected chi connectivity index (χ1v) is 7.70. The van der Waals surface area contributed by atoms with Crippen LogP contribution in [-0.2, 0) is 0 Å². The van der Waals surface area contributed by atoms with Gasteiger partial charge in [0.05, 0.1) is 0 Å². The lowest BCUT2D eigenvalue weighted by Crippen LogP contribution is -2.43. The second-order valence-electron chi connectivity index (χ2n) is 6.68. The predicted octanol–water partition coefficient (Wildman–Crippen LogP) is 1.64. The van der Waals surface area contributed by atoms with Gasteiger partial charge in [-0.25, -0.2) is 0 Å².